The highest BCUT2D eigenvalue weighted by atomic mass is 31.2. The average Bonchev–Trinajstić information content (AvgIpc) is 1.85. The highest BCUT2D eigenvalue weighted by molar-refractivity contribution is 7.51. The summed E-state index contributed by atoms with van der Waals surface area (Å²) in [4.78, 5) is 8.69. The van der Waals surface area contributed by atoms with E-state index >= 15 is 0 Å². The summed E-state index contributed by atoms with van der Waals surface area (Å²) in [6.45, 7) is 5.12. The molecule has 0 aromatic heterocycles. The van der Waals surface area contributed by atoms with Crippen LogP contribution in [0.3, 0.4) is 0 Å². The quantitative estimate of drug-likeness (QED) is 0.385. The molecule has 0 saturated heterocycles. The van der Waals surface area contributed by atoms with E-state index in [9.17, 15) is 4.57 Å². The van der Waals surface area contributed by atoms with Crippen LogP contribution in [-0.4, -0.2) is 18.2 Å². The third kappa shape index (κ3) is 9.89. The van der Waals surface area contributed by atoms with Crippen molar-refractivity contribution in [1.82, 2.24) is 0 Å². The molecule has 1 N–H and O–H groups in total. The molecule has 0 radical (unpaired) electrons. The maximum atomic E-state index is 10.6. The normalized spacial score (nSPS) is 15.8. The van der Waals surface area contributed by atoms with Crippen LogP contribution in [0.5, 0.6) is 0 Å². The van der Waals surface area contributed by atoms with E-state index in [2.05, 4.69) is 11.1 Å². The van der Waals surface area contributed by atoms with Gasteiger partial charge < -0.3 is 9.42 Å². The minimum absolute atomic E-state index is 0.359. The van der Waals surface area contributed by atoms with Crippen LogP contribution in [-0.2, 0) is 9.09 Å². The Morgan fingerprint density at radius 3 is 2.73 bits per heavy atom. The van der Waals surface area contributed by atoms with Crippen LogP contribution < -0.4 is 0 Å². The van der Waals surface area contributed by atoms with E-state index in [1.165, 1.54) is 6.66 Å². The Kier molecular flexibility index (Phi) is 5.47. The summed E-state index contributed by atoms with van der Waals surface area (Å²) >= 11 is 0. The van der Waals surface area contributed by atoms with Crippen LogP contribution >= 0.6 is 7.60 Å². The van der Waals surface area contributed by atoms with Gasteiger partial charge in [0.25, 0.3) is 0 Å². The molecular weight excluding hydrogens is 163 g/mol. The zero-order valence-corrected chi connectivity index (χ0v) is 7.72. The molecule has 4 heteroatoms. The smallest absolute Gasteiger partial charge is 0.324 e. The Bertz CT molecular complexity index is 150. The van der Waals surface area contributed by atoms with E-state index in [0.717, 1.165) is 19.3 Å². The van der Waals surface area contributed by atoms with E-state index < -0.39 is 7.60 Å². The van der Waals surface area contributed by atoms with Crippen LogP contribution in [0.4, 0.5) is 0 Å². The van der Waals surface area contributed by atoms with E-state index in [0.29, 0.717) is 6.61 Å². The van der Waals surface area contributed by atoms with Crippen LogP contribution in [0.25, 0.3) is 0 Å². The van der Waals surface area contributed by atoms with E-state index in [1.54, 1.807) is 0 Å². The fraction of sp³-hybridized carbons (Fsp3) is 0.714. The molecule has 0 fully saturated rings. The van der Waals surface area contributed by atoms with Gasteiger partial charge in [-0.2, -0.15) is 0 Å². The zero-order valence-electron chi connectivity index (χ0n) is 6.82. The summed E-state index contributed by atoms with van der Waals surface area (Å²) in [6, 6.07) is 0. The molecule has 0 aliphatic heterocycles. The summed E-state index contributed by atoms with van der Waals surface area (Å²) in [6.07, 6.45) is 4.53. The SMILES string of the molecule is C=CCCCCOP(C)(=O)O. The first-order valence-corrected chi connectivity index (χ1v) is 5.64. The largest absolute Gasteiger partial charge is 0.325 e. The first kappa shape index (κ1) is 10.9. The van der Waals surface area contributed by atoms with Crippen molar-refractivity contribution in [2.24, 2.45) is 0 Å². The highest BCUT2D eigenvalue weighted by Crippen LogP contribution is 2.36. The maximum Gasteiger partial charge on any atom is 0.325 e. The molecule has 66 valence electrons. The molecule has 0 aliphatic rings. The average molecular weight is 178 g/mol. The zero-order chi connectivity index (χ0) is 8.74. The predicted molar refractivity (Wildman–Crippen MR) is 45.7 cm³/mol. The van der Waals surface area contributed by atoms with Crippen LogP contribution in [0.15, 0.2) is 12.7 Å². The monoisotopic (exact) mass is 178 g/mol. The van der Waals surface area contributed by atoms with Crippen molar-refractivity contribution in [3.8, 4) is 0 Å². The molecule has 0 aromatic carbocycles. The molecule has 0 spiro atoms. The van der Waals surface area contributed by atoms with Crippen LogP contribution in [0, 0.1) is 0 Å². The molecule has 3 nitrogen and oxygen atoms in total. The van der Waals surface area contributed by atoms with Crippen molar-refractivity contribution >= 4 is 7.60 Å². The summed E-state index contributed by atoms with van der Waals surface area (Å²) in [5.74, 6) is 0. The van der Waals surface area contributed by atoms with Gasteiger partial charge in [0.2, 0.25) is 0 Å². The topological polar surface area (TPSA) is 46.5 Å². The van der Waals surface area contributed by atoms with Crippen molar-refractivity contribution in [3.05, 3.63) is 12.7 Å². The molecule has 11 heavy (non-hydrogen) atoms. The van der Waals surface area contributed by atoms with Crippen molar-refractivity contribution in [1.29, 1.82) is 0 Å². The van der Waals surface area contributed by atoms with Gasteiger partial charge in [0.1, 0.15) is 0 Å². The molecule has 0 amide bonds. The molecule has 0 aromatic rings. The summed E-state index contributed by atoms with van der Waals surface area (Å²) < 4.78 is 15.2. The standard InChI is InChI=1S/C7H15O3P/c1-3-4-5-6-7-10-11(2,8)9/h3H,1,4-7H2,2H3,(H,8,9). The first-order chi connectivity index (χ1) is 5.06. The van der Waals surface area contributed by atoms with Crippen LogP contribution in [0.1, 0.15) is 19.3 Å². The van der Waals surface area contributed by atoms with Gasteiger partial charge in [-0.1, -0.05) is 6.08 Å². The fourth-order valence-electron chi connectivity index (χ4n) is 0.625. The highest BCUT2D eigenvalue weighted by Gasteiger charge is 2.07. The van der Waals surface area contributed by atoms with Crippen molar-refractivity contribution in [2.45, 2.75) is 19.3 Å². The van der Waals surface area contributed by atoms with Gasteiger partial charge in [-0.3, -0.25) is 4.57 Å². The number of hydrogen-bond acceptors (Lipinski definition) is 2. The lowest BCUT2D eigenvalue weighted by atomic mass is 10.2. The van der Waals surface area contributed by atoms with Crippen LogP contribution in [0.2, 0.25) is 0 Å². The van der Waals surface area contributed by atoms with Crippen molar-refractivity contribution in [3.63, 3.8) is 0 Å². The second kappa shape index (κ2) is 5.53. The van der Waals surface area contributed by atoms with E-state index in [1.807, 2.05) is 6.08 Å². The Morgan fingerprint density at radius 1 is 1.64 bits per heavy atom. The molecule has 0 aliphatic carbocycles. The van der Waals surface area contributed by atoms with Gasteiger partial charge in [0.15, 0.2) is 0 Å². The predicted octanol–water partition coefficient (Wildman–Crippen LogP) is 2.17. The summed E-state index contributed by atoms with van der Waals surface area (Å²) in [5.41, 5.74) is 0. The van der Waals surface area contributed by atoms with Crippen molar-refractivity contribution < 1.29 is 14.0 Å². The van der Waals surface area contributed by atoms with Gasteiger partial charge in [0.05, 0.1) is 6.61 Å². The summed E-state index contributed by atoms with van der Waals surface area (Å²) in [5, 5.41) is 0. The molecule has 1 atom stereocenters. The Hall–Kier alpha value is -0.110. The Balaban J connectivity index is 3.15. The first-order valence-electron chi connectivity index (χ1n) is 3.62. The lowest BCUT2D eigenvalue weighted by Crippen LogP contribution is -1.90. The van der Waals surface area contributed by atoms with Gasteiger partial charge in [-0.05, 0) is 19.3 Å². The lowest BCUT2D eigenvalue weighted by Gasteiger charge is -2.05. The van der Waals surface area contributed by atoms with Crippen molar-refractivity contribution in [2.75, 3.05) is 13.3 Å². The molecule has 0 bridgehead atoms. The lowest BCUT2D eigenvalue weighted by molar-refractivity contribution is 0.259. The number of allylic oxidation sites excluding steroid dienone is 1. The minimum atomic E-state index is -3.24. The number of hydrogen-bond donors (Lipinski definition) is 1. The molecule has 0 rings (SSSR count). The van der Waals surface area contributed by atoms with E-state index in [4.69, 9.17) is 4.89 Å². The molecule has 1 unspecified atom stereocenters. The molecule has 0 heterocycles. The number of rotatable bonds is 6. The third-order valence-corrected chi connectivity index (χ3v) is 1.80. The van der Waals surface area contributed by atoms with Gasteiger partial charge in [-0.25, -0.2) is 0 Å². The second-order valence-electron chi connectivity index (χ2n) is 2.42. The van der Waals surface area contributed by atoms with Gasteiger partial charge in [-0.15, -0.1) is 6.58 Å². The maximum absolute atomic E-state index is 10.6. The Morgan fingerprint density at radius 2 is 2.27 bits per heavy atom. The number of unbranched alkanes of at least 4 members (excludes halogenated alkanes) is 2. The fourth-order valence-corrected chi connectivity index (χ4v) is 1.09. The molecule has 0 saturated carbocycles. The molecular formula is C7H15O3P. The third-order valence-electron chi connectivity index (χ3n) is 1.13. The second-order valence-corrected chi connectivity index (χ2v) is 4.28. The van der Waals surface area contributed by atoms with Gasteiger partial charge in [0, 0.05) is 6.66 Å². The minimum Gasteiger partial charge on any atom is -0.324 e. The van der Waals surface area contributed by atoms with E-state index in [-0.39, 0.29) is 0 Å². The summed E-state index contributed by atoms with van der Waals surface area (Å²) in [7, 11) is -3.24. The van der Waals surface area contributed by atoms with Gasteiger partial charge >= 0.3 is 7.60 Å². The Labute approximate surface area is 67.6 Å².